The predicted octanol–water partition coefficient (Wildman–Crippen LogP) is 3.90. The number of carbonyl (C=O) groups is 1. The van der Waals surface area contributed by atoms with Gasteiger partial charge in [-0.05, 0) is 43.2 Å². The standard InChI is InChI=1S/C23H26FN5O/c1-14(2)21-17(6-5-9-26-21)22-20-13-28(10-11-29(20)15(3)27-22)19-8-7-16(12-18(19)24)23(30)25-4/h5-9,12,14H,10-11,13H2,1-4H3,(H,25,30). The number of amides is 1. The Kier molecular flexibility index (Phi) is 5.28. The molecule has 6 nitrogen and oxygen atoms in total. The molecule has 1 aromatic carbocycles. The van der Waals surface area contributed by atoms with Crippen molar-refractivity contribution in [3.63, 3.8) is 0 Å². The summed E-state index contributed by atoms with van der Waals surface area (Å²) in [6, 6.07) is 8.63. The summed E-state index contributed by atoms with van der Waals surface area (Å²) in [5.41, 5.74) is 4.82. The van der Waals surface area contributed by atoms with Crippen LogP contribution >= 0.6 is 0 Å². The Bertz CT molecular complexity index is 1100. The third kappa shape index (κ3) is 3.44. The van der Waals surface area contributed by atoms with E-state index < -0.39 is 5.82 Å². The molecule has 1 aliphatic rings. The molecule has 0 aliphatic carbocycles. The highest BCUT2D eigenvalue weighted by Gasteiger charge is 2.26. The van der Waals surface area contributed by atoms with E-state index >= 15 is 0 Å². The van der Waals surface area contributed by atoms with Crippen molar-refractivity contribution in [3.05, 3.63) is 65.1 Å². The molecule has 30 heavy (non-hydrogen) atoms. The van der Waals surface area contributed by atoms with Gasteiger partial charge in [0.15, 0.2) is 0 Å². The Hall–Kier alpha value is -3.22. The molecule has 0 saturated heterocycles. The van der Waals surface area contributed by atoms with Crippen molar-refractivity contribution in [2.75, 3.05) is 18.5 Å². The van der Waals surface area contributed by atoms with Gasteiger partial charge in [0.2, 0.25) is 0 Å². The van der Waals surface area contributed by atoms with Crippen molar-refractivity contribution < 1.29 is 9.18 Å². The molecule has 0 atom stereocenters. The lowest BCUT2D eigenvalue weighted by molar-refractivity contribution is 0.0962. The van der Waals surface area contributed by atoms with Crippen LogP contribution in [-0.4, -0.2) is 34.0 Å². The summed E-state index contributed by atoms with van der Waals surface area (Å²) in [6.45, 7) is 8.19. The van der Waals surface area contributed by atoms with Gasteiger partial charge in [0.1, 0.15) is 11.6 Å². The highest BCUT2D eigenvalue weighted by Crippen LogP contribution is 2.34. The molecule has 1 N–H and O–H groups in total. The Morgan fingerprint density at radius 3 is 2.73 bits per heavy atom. The predicted molar refractivity (Wildman–Crippen MR) is 115 cm³/mol. The minimum atomic E-state index is -0.397. The van der Waals surface area contributed by atoms with Gasteiger partial charge in [-0.15, -0.1) is 0 Å². The SMILES string of the molecule is CNC(=O)c1ccc(N2CCn3c(C)nc(-c4cccnc4C(C)C)c3C2)c(F)c1. The Balaban J connectivity index is 1.72. The number of anilines is 1. The van der Waals surface area contributed by atoms with Crippen molar-refractivity contribution >= 4 is 11.6 Å². The van der Waals surface area contributed by atoms with Crippen LogP contribution in [0.1, 0.15) is 47.3 Å². The number of carbonyl (C=O) groups excluding carboxylic acids is 1. The fraction of sp³-hybridized carbons (Fsp3) is 0.348. The second-order valence-electron chi connectivity index (χ2n) is 7.86. The lowest BCUT2D eigenvalue weighted by Crippen LogP contribution is -2.34. The number of nitrogens with zero attached hydrogens (tertiary/aromatic N) is 4. The first-order valence-electron chi connectivity index (χ1n) is 10.2. The summed E-state index contributed by atoms with van der Waals surface area (Å²) >= 11 is 0. The summed E-state index contributed by atoms with van der Waals surface area (Å²) in [5.74, 6) is 0.529. The van der Waals surface area contributed by atoms with Crippen LogP contribution in [0.3, 0.4) is 0 Å². The number of benzene rings is 1. The highest BCUT2D eigenvalue weighted by molar-refractivity contribution is 5.94. The lowest BCUT2D eigenvalue weighted by atomic mass is 10.00. The van der Waals surface area contributed by atoms with Crippen molar-refractivity contribution in [3.8, 4) is 11.3 Å². The van der Waals surface area contributed by atoms with Gasteiger partial charge in [-0.3, -0.25) is 9.78 Å². The molecule has 1 amide bonds. The van der Waals surface area contributed by atoms with Gasteiger partial charge in [-0.25, -0.2) is 9.37 Å². The smallest absolute Gasteiger partial charge is 0.251 e. The molecular formula is C23H26FN5O. The molecule has 0 radical (unpaired) electrons. The van der Waals surface area contributed by atoms with E-state index in [1.165, 1.54) is 13.1 Å². The lowest BCUT2D eigenvalue weighted by Gasteiger charge is -2.31. The minimum Gasteiger partial charge on any atom is -0.361 e. The number of hydrogen-bond acceptors (Lipinski definition) is 4. The topological polar surface area (TPSA) is 63.1 Å². The molecule has 0 fully saturated rings. The van der Waals surface area contributed by atoms with Crippen molar-refractivity contribution in [2.24, 2.45) is 0 Å². The number of aryl methyl sites for hydroxylation is 1. The van der Waals surface area contributed by atoms with Crippen LogP contribution in [0.25, 0.3) is 11.3 Å². The summed E-state index contributed by atoms with van der Waals surface area (Å²) in [6.07, 6.45) is 1.81. The number of rotatable bonds is 4. The molecule has 7 heteroatoms. The Morgan fingerprint density at radius 2 is 2.03 bits per heavy atom. The van der Waals surface area contributed by atoms with Gasteiger partial charge in [-0.2, -0.15) is 0 Å². The Labute approximate surface area is 175 Å². The van der Waals surface area contributed by atoms with Crippen LogP contribution < -0.4 is 10.2 Å². The van der Waals surface area contributed by atoms with E-state index in [2.05, 4.69) is 34.8 Å². The van der Waals surface area contributed by atoms with Gasteiger partial charge >= 0.3 is 0 Å². The first kappa shape index (κ1) is 20.1. The summed E-state index contributed by atoms with van der Waals surface area (Å²) in [4.78, 5) is 23.2. The summed E-state index contributed by atoms with van der Waals surface area (Å²) in [7, 11) is 1.54. The third-order valence-corrected chi connectivity index (χ3v) is 5.62. The second kappa shape index (κ2) is 7.89. The van der Waals surface area contributed by atoms with Crippen LogP contribution in [0.4, 0.5) is 10.1 Å². The molecule has 0 unspecified atom stereocenters. The molecule has 0 spiro atoms. The average Bonchev–Trinajstić information content (AvgIpc) is 3.08. The van der Waals surface area contributed by atoms with Crippen LogP contribution in [0.2, 0.25) is 0 Å². The van der Waals surface area contributed by atoms with Crippen LogP contribution in [0.15, 0.2) is 36.5 Å². The number of nitrogens with one attached hydrogen (secondary N) is 1. The van der Waals surface area contributed by atoms with E-state index in [9.17, 15) is 9.18 Å². The number of halogens is 1. The van der Waals surface area contributed by atoms with E-state index in [0.717, 1.165) is 35.0 Å². The van der Waals surface area contributed by atoms with Crippen LogP contribution in [-0.2, 0) is 13.1 Å². The van der Waals surface area contributed by atoms with E-state index in [0.29, 0.717) is 24.3 Å². The zero-order valence-corrected chi connectivity index (χ0v) is 17.7. The molecule has 3 heterocycles. The van der Waals surface area contributed by atoms with E-state index in [1.807, 2.05) is 24.1 Å². The van der Waals surface area contributed by atoms with Crippen LogP contribution in [0, 0.1) is 12.7 Å². The number of pyridine rings is 1. The van der Waals surface area contributed by atoms with Crippen molar-refractivity contribution in [1.29, 1.82) is 0 Å². The van der Waals surface area contributed by atoms with Gasteiger partial charge in [0, 0.05) is 37.5 Å². The molecule has 2 aromatic heterocycles. The fourth-order valence-electron chi connectivity index (χ4n) is 4.10. The van der Waals surface area contributed by atoms with Crippen LogP contribution in [0.5, 0.6) is 0 Å². The first-order valence-corrected chi connectivity index (χ1v) is 10.2. The molecular weight excluding hydrogens is 381 g/mol. The van der Waals surface area contributed by atoms with Gasteiger partial charge in [-0.1, -0.05) is 13.8 Å². The maximum atomic E-state index is 14.9. The fourth-order valence-corrected chi connectivity index (χ4v) is 4.10. The largest absolute Gasteiger partial charge is 0.361 e. The maximum Gasteiger partial charge on any atom is 0.251 e. The minimum absolute atomic E-state index is 0.272. The zero-order chi connectivity index (χ0) is 21.4. The molecule has 156 valence electrons. The van der Waals surface area contributed by atoms with Gasteiger partial charge < -0.3 is 14.8 Å². The number of aromatic nitrogens is 3. The molecule has 1 aliphatic heterocycles. The molecule has 0 saturated carbocycles. The normalized spacial score (nSPS) is 13.5. The molecule has 4 rings (SSSR count). The van der Waals surface area contributed by atoms with Gasteiger partial charge in [0.05, 0.1) is 29.3 Å². The van der Waals surface area contributed by atoms with E-state index in [4.69, 9.17) is 4.98 Å². The number of imidazole rings is 1. The van der Waals surface area contributed by atoms with Gasteiger partial charge in [0.25, 0.3) is 5.91 Å². The van der Waals surface area contributed by atoms with E-state index in [-0.39, 0.29) is 11.8 Å². The monoisotopic (exact) mass is 407 g/mol. The third-order valence-electron chi connectivity index (χ3n) is 5.62. The Morgan fingerprint density at radius 1 is 1.23 bits per heavy atom. The summed E-state index contributed by atoms with van der Waals surface area (Å²) in [5, 5.41) is 2.53. The zero-order valence-electron chi connectivity index (χ0n) is 17.7. The maximum absolute atomic E-state index is 14.9. The summed E-state index contributed by atoms with van der Waals surface area (Å²) < 4.78 is 17.1. The molecule has 0 bridgehead atoms. The van der Waals surface area contributed by atoms with Crippen molar-refractivity contribution in [1.82, 2.24) is 19.9 Å². The highest BCUT2D eigenvalue weighted by atomic mass is 19.1. The average molecular weight is 407 g/mol. The quantitative estimate of drug-likeness (QED) is 0.713. The number of fused-ring (bicyclic) bond motifs is 1. The second-order valence-corrected chi connectivity index (χ2v) is 7.86. The first-order chi connectivity index (χ1) is 14.4. The molecule has 3 aromatic rings. The number of hydrogen-bond donors (Lipinski definition) is 1. The van der Waals surface area contributed by atoms with Crippen molar-refractivity contribution in [2.45, 2.75) is 39.8 Å². The van der Waals surface area contributed by atoms with E-state index in [1.54, 1.807) is 12.1 Å².